The number of fused-ring (bicyclic) bond motifs is 1. The van der Waals surface area contributed by atoms with Crippen LogP contribution in [0.2, 0.25) is 5.02 Å². The van der Waals surface area contributed by atoms with E-state index < -0.39 is 0 Å². The Morgan fingerprint density at radius 2 is 1.75 bits per heavy atom. The minimum Gasteiger partial charge on any atom is -0.482 e. The number of benzene rings is 3. The largest absolute Gasteiger partial charge is 0.482 e. The molecule has 0 saturated heterocycles. The smallest absolute Gasteiger partial charge is 0.258 e. The van der Waals surface area contributed by atoms with Gasteiger partial charge in [0.15, 0.2) is 6.61 Å². The molecule has 1 amide bonds. The van der Waals surface area contributed by atoms with Crippen LogP contribution in [0.25, 0.3) is 10.8 Å². The van der Waals surface area contributed by atoms with Crippen LogP contribution in [-0.4, -0.2) is 12.5 Å². The van der Waals surface area contributed by atoms with Crippen molar-refractivity contribution in [1.29, 1.82) is 0 Å². The molecule has 0 radical (unpaired) electrons. The first-order valence-corrected chi connectivity index (χ1v) is 8.16. The minimum absolute atomic E-state index is 0.0678. The van der Waals surface area contributed by atoms with Crippen LogP contribution in [0.15, 0.2) is 66.7 Å². The quantitative estimate of drug-likeness (QED) is 0.728. The molecule has 3 aromatic rings. The Balaban J connectivity index is 1.61. The summed E-state index contributed by atoms with van der Waals surface area (Å²) >= 11 is 6.01. The summed E-state index contributed by atoms with van der Waals surface area (Å²) in [6.07, 6.45) is 0. The van der Waals surface area contributed by atoms with Crippen LogP contribution in [0.4, 0.5) is 0 Å². The number of hydrogen-bond donors (Lipinski definition) is 1. The van der Waals surface area contributed by atoms with Gasteiger partial charge in [0.05, 0.1) is 11.1 Å². The van der Waals surface area contributed by atoms with Gasteiger partial charge >= 0.3 is 0 Å². The van der Waals surface area contributed by atoms with E-state index in [2.05, 4.69) is 29.6 Å². The minimum atomic E-state index is -0.185. The van der Waals surface area contributed by atoms with Gasteiger partial charge in [-0.2, -0.15) is 0 Å². The normalized spacial score (nSPS) is 11.9. The molecule has 0 aliphatic rings. The van der Waals surface area contributed by atoms with Crippen molar-refractivity contribution in [2.75, 3.05) is 6.61 Å². The first-order chi connectivity index (χ1) is 11.6. The molecule has 0 aliphatic heterocycles. The van der Waals surface area contributed by atoms with E-state index in [1.54, 1.807) is 12.1 Å². The predicted molar refractivity (Wildman–Crippen MR) is 97.5 cm³/mol. The van der Waals surface area contributed by atoms with Crippen molar-refractivity contribution in [2.24, 2.45) is 0 Å². The van der Waals surface area contributed by atoms with Crippen molar-refractivity contribution in [1.82, 2.24) is 5.32 Å². The second kappa shape index (κ2) is 7.37. The van der Waals surface area contributed by atoms with E-state index in [0.29, 0.717) is 10.8 Å². The molecule has 0 bridgehead atoms. The molecule has 0 aliphatic carbocycles. The fraction of sp³-hybridized carbons (Fsp3) is 0.150. The molecular formula is C20H18ClNO2. The van der Waals surface area contributed by atoms with Gasteiger partial charge in [-0.05, 0) is 41.5 Å². The van der Waals surface area contributed by atoms with E-state index in [1.165, 1.54) is 5.39 Å². The molecule has 0 fully saturated rings. The van der Waals surface area contributed by atoms with Gasteiger partial charge < -0.3 is 10.1 Å². The molecule has 1 atom stereocenters. The van der Waals surface area contributed by atoms with Crippen molar-refractivity contribution in [3.8, 4) is 5.75 Å². The molecule has 0 spiro atoms. The van der Waals surface area contributed by atoms with Crippen molar-refractivity contribution in [2.45, 2.75) is 13.0 Å². The zero-order valence-electron chi connectivity index (χ0n) is 13.3. The zero-order chi connectivity index (χ0) is 16.9. The third kappa shape index (κ3) is 3.87. The summed E-state index contributed by atoms with van der Waals surface area (Å²) in [7, 11) is 0. The van der Waals surface area contributed by atoms with Crippen molar-refractivity contribution >= 4 is 28.3 Å². The van der Waals surface area contributed by atoms with E-state index in [9.17, 15) is 4.79 Å². The van der Waals surface area contributed by atoms with Crippen LogP contribution in [0.5, 0.6) is 5.75 Å². The number of carbonyl (C=O) groups is 1. The summed E-state index contributed by atoms with van der Waals surface area (Å²) in [5, 5.41) is 5.78. The lowest BCUT2D eigenvalue weighted by Gasteiger charge is -2.15. The number of hydrogen-bond acceptors (Lipinski definition) is 2. The van der Waals surface area contributed by atoms with E-state index >= 15 is 0 Å². The summed E-state index contributed by atoms with van der Waals surface area (Å²) in [6.45, 7) is 1.89. The zero-order valence-corrected chi connectivity index (χ0v) is 14.1. The van der Waals surface area contributed by atoms with Gasteiger partial charge in [-0.15, -0.1) is 0 Å². The third-order valence-electron chi connectivity index (χ3n) is 3.85. The van der Waals surface area contributed by atoms with Crippen molar-refractivity contribution < 1.29 is 9.53 Å². The van der Waals surface area contributed by atoms with Crippen LogP contribution in [0.1, 0.15) is 18.5 Å². The maximum Gasteiger partial charge on any atom is 0.258 e. The SMILES string of the molecule is CC(NC(=O)COc1ccccc1Cl)c1ccc2ccccc2c1. The van der Waals surface area contributed by atoms with Gasteiger partial charge in [-0.1, -0.05) is 60.1 Å². The number of ether oxygens (including phenoxy) is 1. The lowest BCUT2D eigenvalue weighted by Crippen LogP contribution is -2.31. The van der Waals surface area contributed by atoms with E-state index in [0.717, 1.165) is 10.9 Å². The van der Waals surface area contributed by atoms with Crippen LogP contribution in [-0.2, 0) is 4.79 Å². The molecule has 122 valence electrons. The summed E-state index contributed by atoms with van der Waals surface area (Å²) in [5.74, 6) is 0.322. The van der Waals surface area contributed by atoms with Crippen LogP contribution in [0.3, 0.4) is 0 Å². The molecule has 0 aromatic heterocycles. The Bertz CT molecular complexity index is 863. The van der Waals surface area contributed by atoms with Gasteiger partial charge in [0.1, 0.15) is 5.75 Å². The Kier molecular flexibility index (Phi) is 5.02. The maximum atomic E-state index is 12.1. The fourth-order valence-corrected chi connectivity index (χ4v) is 2.74. The number of rotatable bonds is 5. The average Bonchev–Trinajstić information content (AvgIpc) is 2.60. The standard InChI is InChI=1S/C20H18ClNO2/c1-14(16-11-10-15-6-2-3-7-17(15)12-16)22-20(23)13-24-19-9-5-4-8-18(19)21/h2-12,14H,13H2,1H3,(H,22,23). The van der Waals surface area contributed by atoms with Crippen LogP contribution in [0, 0.1) is 0 Å². The van der Waals surface area contributed by atoms with Crippen molar-refractivity contribution in [3.63, 3.8) is 0 Å². The first-order valence-electron chi connectivity index (χ1n) is 7.79. The van der Waals surface area contributed by atoms with Crippen LogP contribution < -0.4 is 10.1 Å². The van der Waals surface area contributed by atoms with Crippen LogP contribution >= 0.6 is 11.6 Å². The highest BCUT2D eigenvalue weighted by molar-refractivity contribution is 6.32. The molecular weight excluding hydrogens is 322 g/mol. The molecule has 0 saturated carbocycles. The number of halogens is 1. The summed E-state index contributed by atoms with van der Waals surface area (Å²) in [5.41, 5.74) is 1.06. The lowest BCUT2D eigenvalue weighted by molar-refractivity contribution is -0.123. The van der Waals surface area contributed by atoms with Gasteiger partial charge in [-0.25, -0.2) is 0 Å². The first kappa shape index (κ1) is 16.3. The molecule has 1 N–H and O–H groups in total. The molecule has 1 unspecified atom stereocenters. The average molecular weight is 340 g/mol. The highest BCUT2D eigenvalue weighted by atomic mass is 35.5. The summed E-state index contributed by atoms with van der Waals surface area (Å²) in [6, 6.07) is 21.3. The third-order valence-corrected chi connectivity index (χ3v) is 4.16. The maximum absolute atomic E-state index is 12.1. The summed E-state index contributed by atoms with van der Waals surface area (Å²) < 4.78 is 5.46. The summed E-state index contributed by atoms with van der Waals surface area (Å²) in [4.78, 5) is 12.1. The molecule has 0 heterocycles. The Hall–Kier alpha value is -2.52. The molecule has 3 rings (SSSR count). The topological polar surface area (TPSA) is 38.3 Å². The second-order valence-corrected chi connectivity index (χ2v) is 6.02. The number of amides is 1. The molecule has 3 nitrogen and oxygen atoms in total. The Labute approximate surface area is 146 Å². The van der Waals surface area contributed by atoms with E-state index in [4.69, 9.17) is 16.3 Å². The van der Waals surface area contributed by atoms with Gasteiger partial charge in [0.25, 0.3) is 5.91 Å². The Morgan fingerprint density at radius 3 is 2.54 bits per heavy atom. The van der Waals surface area contributed by atoms with Gasteiger partial charge in [-0.3, -0.25) is 4.79 Å². The lowest BCUT2D eigenvalue weighted by atomic mass is 10.0. The highest BCUT2D eigenvalue weighted by Gasteiger charge is 2.11. The number of nitrogens with one attached hydrogen (secondary N) is 1. The van der Waals surface area contributed by atoms with Gasteiger partial charge in [0, 0.05) is 0 Å². The monoisotopic (exact) mass is 339 g/mol. The number of carbonyl (C=O) groups excluding carboxylic acids is 1. The number of para-hydroxylation sites is 1. The molecule has 24 heavy (non-hydrogen) atoms. The predicted octanol–water partition coefficient (Wildman–Crippen LogP) is 4.75. The van der Waals surface area contributed by atoms with E-state index in [1.807, 2.05) is 37.3 Å². The fourth-order valence-electron chi connectivity index (χ4n) is 2.55. The van der Waals surface area contributed by atoms with Crippen molar-refractivity contribution in [3.05, 3.63) is 77.3 Å². The Morgan fingerprint density at radius 1 is 1.04 bits per heavy atom. The highest BCUT2D eigenvalue weighted by Crippen LogP contribution is 2.23. The van der Waals surface area contributed by atoms with E-state index in [-0.39, 0.29) is 18.6 Å². The van der Waals surface area contributed by atoms with Gasteiger partial charge in [0.2, 0.25) is 0 Å². The second-order valence-electron chi connectivity index (χ2n) is 5.61. The molecule has 3 aromatic carbocycles. The molecule has 4 heteroatoms.